The van der Waals surface area contributed by atoms with Crippen LogP contribution in [0.2, 0.25) is 10.3 Å². The average molecular weight is 215 g/mol. The van der Waals surface area contributed by atoms with Gasteiger partial charge in [0.05, 0.1) is 11.8 Å². The summed E-state index contributed by atoms with van der Waals surface area (Å²) in [6.07, 6.45) is 2.90. The van der Waals surface area contributed by atoms with E-state index in [-0.39, 0.29) is 0 Å². The Morgan fingerprint density at radius 2 is 2.08 bits per heavy atom. The first-order chi connectivity index (χ1) is 6.27. The number of aromatic nitrogens is 2. The lowest BCUT2D eigenvalue weighted by atomic mass is 10.2. The summed E-state index contributed by atoms with van der Waals surface area (Å²) in [5.41, 5.74) is 0.684. The van der Waals surface area contributed by atoms with Crippen LogP contribution < -0.4 is 0 Å². The molecule has 13 heavy (non-hydrogen) atoms. The van der Waals surface area contributed by atoms with Crippen LogP contribution in [0.5, 0.6) is 0 Å². The predicted molar refractivity (Wildman–Crippen MR) is 49.8 cm³/mol. The van der Waals surface area contributed by atoms with Crippen molar-refractivity contribution in [2.75, 3.05) is 0 Å². The summed E-state index contributed by atoms with van der Waals surface area (Å²) < 4.78 is 5.06. The van der Waals surface area contributed by atoms with Crippen molar-refractivity contribution in [2.45, 2.75) is 0 Å². The molecule has 2 heterocycles. The van der Waals surface area contributed by atoms with Gasteiger partial charge in [0.1, 0.15) is 10.3 Å². The molecule has 2 aromatic rings. The fourth-order valence-corrected chi connectivity index (χ4v) is 1.38. The van der Waals surface area contributed by atoms with Gasteiger partial charge in [-0.15, -0.1) is 0 Å². The highest BCUT2D eigenvalue weighted by molar-refractivity contribution is 6.34. The highest BCUT2D eigenvalue weighted by Gasteiger charge is 2.07. The van der Waals surface area contributed by atoms with Crippen LogP contribution in [0.4, 0.5) is 0 Å². The van der Waals surface area contributed by atoms with Crippen LogP contribution in [0.3, 0.4) is 0 Å². The Morgan fingerprint density at radius 3 is 2.69 bits per heavy atom. The van der Waals surface area contributed by atoms with E-state index in [0.717, 1.165) is 0 Å². The molecule has 0 aliphatic heterocycles. The Morgan fingerprint density at radius 1 is 1.23 bits per heavy atom. The Balaban J connectivity index is 2.53. The van der Waals surface area contributed by atoms with Gasteiger partial charge in [-0.05, 0) is 12.1 Å². The molecule has 0 unspecified atom stereocenters. The van der Waals surface area contributed by atoms with Crippen molar-refractivity contribution in [3.8, 4) is 11.3 Å². The quantitative estimate of drug-likeness (QED) is 0.686. The Bertz CT molecular complexity index is 414. The minimum atomic E-state index is 0.309. The van der Waals surface area contributed by atoms with E-state index in [1.165, 1.54) is 6.39 Å². The molecule has 5 heteroatoms. The molecule has 0 aliphatic rings. The largest absolute Gasteiger partial charge is 0.443 e. The predicted octanol–water partition coefficient (Wildman–Crippen LogP) is 3.04. The topological polar surface area (TPSA) is 38.9 Å². The first-order valence-electron chi connectivity index (χ1n) is 3.48. The van der Waals surface area contributed by atoms with E-state index in [0.29, 0.717) is 21.6 Å². The van der Waals surface area contributed by atoms with Crippen molar-refractivity contribution in [1.29, 1.82) is 0 Å². The van der Waals surface area contributed by atoms with Crippen LogP contribution in [0, 0.1) is 0 Å². The lowest BCUT2D eigenvalue weighted by Crippen LogP contribution is -1.81. The maximum absolute atomic E-state index is 5.84. The highest BCUT2D eigenvalue weighted by atomic mass is 35.5. The third-order valence-electron chi connectivity index (χ3n) is 1.51. The van der Waals surface area contributed by atoms with Crippen LogP contribution in [0.25, 0.3) is 11.3 Å². The molecule has 0 spiro atoms. The summed E-state index contributed by atoms with van der Waals surface area (Å²) in [7, 11) is 0. The van der Waals surface area contributed by atoms with E-state index in [1.807, 2.05) is 0 Å². The molecule has 0 N–H and O–H groups in total. The second kappa shape index (κ2) is 3.36. The van der Waals surface area contributed by atoms with Gasteiger partial charge in [-0.1, -0.05) is 23.2 Å². The standard InChI is InChI=1S/C8H4Cl2N2O/c9-7-2-1-5(8(10)12-7)6-3-11-4-13-6/h1-4H. The van der Waals surface area contributed by atoms with Crippen molar-refractivity contribution < 1.29 is 4.42 Å². The molecular formula is C8H4Cl2N2O. The van der Waals surface area contributed by atoms with Crippen LogP contribution in [-0.2, 0) is 0 Å². The number of rotatable bonds is 1. The Kier molecular flexibility index (Phi) is 2.20. The normalized spacial score (nSPS) is 10.3. The van der Waals surface area contributed by atoms with Gasteiger partial charge in [0.2, 0.25) is 0 Å². The molecule has 0 saturated carbocycles. The zero-order chi connectivity index (χ0) is 9.26. The smallest absolute Gasteiger partial charge is 0.181 e. The zero-order valence-electron chi connectivity index (χ0n) is 6.37. The van der Waals surface area contributed by atoms with Gasteiger partial charge in [-0.3, -0.25) is 0 Å². The molecule has 2 rings (SSSR count). The minimum absolute atomic E-state index is 0.309. The number of oxazole rings is 1. The third-order valence-corrected chi connectivity index (χ3v) is 2.01. The fourth-order valence-electron chi connectivity index (χ4n) is 0.945. The molecule has 0 aromatic carbocycles. The van der Waals surface area contributed by atoms with Gasteiger partial charge in [-0.2, -0.15) is 0 Å². The van der Waals surface area contributed by atoms with Gasteiger partial charge < -0.3 is 4.42 Å². The Labute approximate surface area is 84.3 Å². The van der Waals surface area contributed by atoms with Gasteiger partial charge in [0, 0.05) is 0 Å². The maximum atomic E-state index is 5.84. The fraction of sp³-hybridized carbons (Fsp3) is 0. The summed E-state index contributed by atoms with van der Waals surface area (Å²) >= 11 is 11.5. The highest BCUT2D eigenvalue weighted by Crippen LogP contribution is 2.26. The Hall–Kier alpha value is -1.06. The van der Waals surface area contributed by atoms with Crippen LogP contribution in [-0.4, -0.2) is 9.97 Å². The second-order valence-electron chi connectivity index (χ2n) is 2.34. The molecule has 2 aromatic heterocycles. The van der Waals surface area contributed by atoms with Gasteiger partial charge in [0.25, 0.3) is 0 Å². The van der Waals surface area contributed by atoms with E-state index in [1.54, 1.807) is 18.3 Å². The van der Waals surface area contributed by atoms with Crippen molar-refractivity contribution >= 4 is 23.2 Å². The van der Waals surface area contributed by atoms with Gasteiger partial charge in [0.15, 0.2) is 12.2 Å². The zero-order valence-corrected chi connectivity index (χ0v) is 7.88. The summed E-state index contributed by atoms with van der Waals surface area (Å²) in [6.45, 7) is 0. The molecule has 0 saturated heterocycles. The summed E-state index contributed by atoms with van der Waals surface area (Å²) in [6, 6.07) is 3.38. The summed E-state index contributed by atoms with van der Waals surface area (Å²) in [5, 5.41) is 0.664. The maximum Gasteiger partial charge on any atom is 0.181 e. The molecular weight excluding hydrogens is 211 g/mol. The molecule has 0 atom stereocenters. The number of hydrogen-bond acceptors (Lipinski definition) is 3. The number of halogens is 2. The van der Waals surface area contributed by atoms with Crippen LogP contribution in [0.1, 0.15) is 0 Å². The summed E-state index contributed by atoms with van der Waals surface area (Å²) in [4.78, 5) is 7.65. The van der Waals surface area contributed by atoms with Gasteiger partial charge in [-0.25, -0.2) is 9.97 Å². The van der Waals surface area contributed by atoms with Crippen molar-refractivity contribution in [3.05, 3.63) is 35.0 Å². The first kappa shape index (κ1) is 8.53. The lowest BCUT2D eigenvalue weighted by Gasteiger charge is -1.98. The lowest BCUT2D eigenvalue weighted by molar-refractivity contribution is 0.572. The van der Waals surface area contributed by atoms with E-state index in [9.17, 15) is 0 Å². The number of hydrogen-bond donors (Lipinski definition) is 0. The van der Waals surface area contributed by atoms with E-state index in [4.69, 9.17) is 27.6 Å². The molecule has 0 amide bonds. The van der Waals surface area contributed by atoms with Crippen molar-refractivity contribution in [3.63, 3.8) is 0 Å². The monoisotopic (exact) mass is 214 g/mol. The molecule has 3 nitrogen and oxygen atoms in total. The SMILES string of the molecule is Clc1ccc(-c2cnco2)c(Cl)n1. The molecule has 0 radical (unpaired) electrons. The van der Waals surface area contributed by atoms with E-state index >= 15 is 0 Å². The van der Waals surface area contributed by atoms with E-state index < -0.39 is 0 Å². The van der Waals surface area contributed by atoms with Gasteiger partial charge >= 0.3 is 0 Å². The molecule has 0 bridgehead atoms. The third kappa shape index (κ3) is 1.66. The van der Waals surface area contributed by atoms with Crippen molar-refractivity contribution in [1.82, 2.24) is 9.97 Å². The molecule has 0 aliphatic carbocycles. The molecule has 0 fully saturated rings. The summed E-state index contributed by atoms with van der Waals surface area (Å²) in [5.74, 6) is 0.578. The molecule has 66 valence electrons. The number of nitrogens with zero attached hydrogens (tertiary/aromatic N) is 2. The van der Waals surface area contributed by atoms with Crippen molar-refractivity contribution in [2.24, 2.45) is 0 Å². The first-order valence-corrected chi connectivity index (χ1v) is 4.24. The number of pyridine rings is 1. The van der Waals surface area contributed by atoms with Crippen LogP contribution >= 0.6 is 23.2 Å². The van der Waals surface area contributed by atoms with Crippen LogP contribution in [0.15, 0.2) is 29.1 Å². The average Bonchev–Trinajstić information content (AvgIpc) is 2.56. The van der Waals surface area contributed by atoms with E-state index in [2.05, 4.69) is 9.97 Å². The minimum Gasteiger partial charge on any atom is -0.443 e. The second-order valence-corrected chi connectivity index (χ2v) is 3.08.